The topological polar surface area (TPSA) is 49.8 Å². The summed E-state index contributed by atoms with van der Waals surface area (Å²) in [6, 6.07) is 4.28. The minimum Gasteiger partial charge on any atom is -0.397 e. The van der Waals surface area contributed by atoms with Gasteiger partial charge in [-0.25, -0.2) is 0 Å². The molecule has 1 rings (SSSR count). The van der Waals surface area contributed by atoms with Crippen molar-refractivity contribution in [3.05, 3.63) is 27.5 Å². The van der Waals surface area contributed by atoms with E-state index in [0.717, 1.165) is 29.7 Å². The molecule has 0 fully saturated rings. The number of nitrogens with two attached hydrogens (primary N) is 1. The van der Waals surface area contributed by atoms with Crippen LogP contribution in [0.3, 0.4) is 0 Å². The molecule has 2 N–H and O–H groups in total. The van der Waals surface area contributed by atoms with Crippen molar-refractivity contribution >= 4 is 17.0 Å². The molecule has 0 aromatic carbocycles. The van der Waals surface area contributed by atoms with E-state index in [1.165, 1.54) is 5.56 Å². The van der Waals surface area contributed by atoms with Gasteiger partial charge in [0.2, 0.25) is 0 Å². The molecule has 0 amide bonds. The van der Waals surface area contributed by atoms with Gasteiger partial charge >= 0.3 is 0 Å². The van der Waals surface area contributed by atoms with Crippen molar-refractivity contribution in [3.8, 4) is 6.07 Å². The summed E-state index contributed by atoms with van der Waals surface area (Å²) in [5.41, 5.74) is 8.65. The van der Waals surface area contributed by atoms with Gasteiger partial charge in [-0.2, -0.15) is 5.26 Å². The Morgan fingerprint density at radius 1 is 1.53 bits per heavy atom. The van der Waals surface area contributed by atoms with Crippen LogP contribution in [0.5, 0.6) is 0 Å². The summed E-state index contributed by atoms with van der Waals surface area (Å²) in [5.74, 6) is 0. The zero-order chi connectivity index (χ0) is 11.3. The Kier molecular flexibility index (Phi) is 4.38. The van der Waals surface area contributed by atoms with Crippen molar-refractivity contribution in [2.75, 3.05) is 0 Å². The lowest BCUT2D eigenvalue weighted by molar-refractivity contribution is 0.929. The Morgan fingerprint density at radius 2 is 2.27 bits per heavy atom. The molecule has 15 heavy (non-hydrogen) atoms. The highest BCUT2D eigenvalue weighted by atomic mass is 32.1. The van der Waals surface area contributed by atoms with E-state index >= 15 is 0 Å². The molecule has 0 saturated heterocycles. The van der Waals surface area contributed by atoms with Gasteiger partial charge in [0.15, 0.2) is 0 Å². The summed E-state index contributed by atoms with van der Waals surface area (Å²) in [5, 5.41) is 11.0. The van der Waals surface area contributed by atoms with Crippen molar-refractivity contribution in [1.29, 1.82) is 5.26 Å². The molecule has 80 valence electrons. The van der Waals surface area contributed by atoms with Crippen LogP contribution in [0.4, 0.5) is 0 Å². The number of nitriles is 1. The standard InChI is InChI=1S/C12H16N2S/c1-3-5-10(8-13)11(14)12-9(4-2)6-7-15-12/h6-7H,3-5,14H2,1-2H3/b11-10-. The molecule has 0 saturated carbocycles. The fourth-order valence-electron chi connectivity index (χ4n) is 1.49. The highest BCUT2D eigenvalue weighted by molar-refractivity contribution is 7.11. The lowest BCUT2D eigenvalue weighted by atomic mass is 10.1. The number of thiophene rings is 1. The molecule has 0 spiro atoms. The predicted molar refractivity (Wildman–Crippen MR) is 65.3 cm³/mol. The number of hydrogen-bond acceptors (Lipinski definition) is 3. The van der Waals surface area contributed by atoms with Gasteiger partial charge in [-0.05, 0) is 29.9 Å². The number of nitrogens with zero attached hydrogens (tertiary/aromatic N) is 1. The highest BCUT2D eigenvalue weighted by Crippen LogP contribution is 2.26. The van der Waals surface area contributed by atoms with Crippen LogP contribution in [0.1, 0.15) is 37.1 Å². The van der Waals surface area contributed by atoms with Crippen molar-refractivity contribution in [2.45, 2.75) is 33.1 Å². The van der Waals surface area contributed by atoms with Gasteiger partial charge in [0.1, 0.15) is 0 Å². The molecule has 1 aromatic heterocycles. The maximum atomic E-state index is 9.01. The van der Waals surface area contributed by atoms with Gasteiger partial charge in [-0.15, -0.1) is 11.3 Å². The van der Waals surface area contributed by atoms with Crippen LogP contribution in [-0.2, 0) is 6.42 Å². The van der Waals surface area contributed by atoms with E-state index in [-0.39, 0.29) is 0 Å². The fraction of sp³-hybridized carbons (Fsp3) is 0.417. The molecule has 3 heteroatoms. The van der Waals surface area contributed by atoms with Gasteiger partial charge < -0.3 is 5.73 Å². The lowest BCUT2D eigenvalue weighted by Gasteiger charge is -2.04. The predicted octanol–water partition coefficient (Wildman–Crippen LogP) is 3.30. The normalized spacial score (nSPS) is 12.1. The van der Waals surface area contributed by atoms with Crippen LogP contribution in [0.2, 0.25) is 0 Å². The van der Waals surface area contributed by atoms with E-state index in [2.05, 4.69) is 26.0 Å². The third-order valence-corrected chi connectivity index (χ3v) is 3.32. The van der Waals surface area contributed by atoms with E-state index in [0.29, 0.717) is 5.70 Å². The molecule has 0 aliphatic rings. The lowest BCUT2D eigenvalue weighted by Crippen LogP contribution is -2.01. The molecule has 0 unspecified atom stereocenters. The first-order valence-electron chi connectivity index (χ1n) is 5.20. The van der Waals surface area contributed by atoms with Gasteiger partial charge in [0, 0.05) is 0 Å². The van der Waals surface area contributed by atoms with Crippen molar-refractivity contribution < 1.29 is 0 Å². The van der Waals surface area contributed by atoms with Crippen molar-refractivity contribution in [2.24, 2.45) is 5.73 Å². The SMILES string of the molecule is CCC/C(C#N)=C(/N)c1sccc1CC. The minimum atomic E-state index is 0.672. The molecule has 1 aromatic rings. The Bertz CT molecular complexity index is 396. The summed E-state index contributed by atoms with van der Waals surface area (Å²) in [6.07, 6.45) is 2.68. The largest absolute Gasteiger partial charge is 0.397 e. The summed E-state index contributed by atoms with van der Waals surface area (Å²) >= 11 is 1.62. The molecule has 0 radical (unpaired) electrons. The first-order chi connectivity index (χ1) is 7.24. The van der Waals surface area contributed by atoms with Crippen molar-refractivity contribution in [3.63, 3.8) is 0 Å². The molecular weight excluding hydrogens is 204 g/mol. The van der Waals surface area contributed by atoms with E-state index in [1.54, 1.807) is 11.3 Å². The summed E-state index contributed by atoms with van der Waals surface area (Å²) in [7, 11) is 0. The van der Waals surface area contributed by atoms with Crippen LogP contribution >= 0.6 is 11.3 Å². The summed E-state index contributed by atoms with van der Waals surface area (Å²) < 4.78 is 0. The first-order valence-corrected chi connectivity index (χ1v) is 6.08. The molecule has 0 bridgehead atoms. The Labute approximate surface area is 95.0 Å². The zero-order valence-corrected chi connectivity index (χ0v) is 10.0. The molecule has 0 aliphatic heterocycles. The maximum absolute atomic E-state index is 9.01. The van der Waals surface area contributed by atoms with Crippen LogP contribution in [0.15, 0.2) is 17.0 Å². The number of rotatable bonds is 4. The Hall–Kier alpha value is -1.27. The monoisotopic (exact) mass is 220 g/mol. The number of allylic oxidation sites excluding steroid dienone is 1. The number of aryl methyl sites for hydroxylation is 1. The molecule has 0 aliphatic carbocycles. The second-order valence-corrected chi connectivity index (χ2v) is 4.30. The second-order valence-electron chi connectivity index (χ2n) is 3.38. The first kappa shape index (κ1) is 11.8. The molecule has 0 atom stereocenters. The van der Waals surface area contributed by atoms with Gasteiger partial charge in [0.05, 0.1) is 22.2 Å². The van der Waals surface area contributed by atoms with Crippen LogP contribution < -0.4 is 5.73 Å². The highest BCUT2D eigenvalue weighted by Gasteiger charge is 2.09. The van der Waals surface area contributed by atoms with Crippen LogP contribution in [0.25, 0.3) is 5.70 Å². The Balaban J connectivity index is 3.11. The molecule has 1 heterocycles. The van der Waals surface area contributed by atoms with Gasteiger partial charge in [0.25, 0.3) is 0 Å². The van der Waals surface area contributed by atoms with E-state index in [1.807, 2.05) is 5.38 Å². The maximum Gasteiger partial charge on any atom is 0.0969 e. The van der Waals surface area contributed by atoms with Crippen LogP contribution in [-0.4, -0.2) is 0 Å². The van der Waals surface area contributed by atoms with E-state index in [4.69, 9.17) is 11.0 Å². The van der Waals surface area contributed by atoms with E-state index < -0.39 is 0 Å². The fourth-order valence-corrected chi connectivity index (χ4v) is 2.47. The summed E-state index contributed by atoms with van der Waals surface area (Å²) in [6.45, 7) is 4.16. The summed E-state index contributed by atoms with van der Waals surface area (Å²) in [4.78, 5) is 1.07. The third-order valence-electron chi connectivity index (χ3n) is 2.33. The Morgan fingerprint density at radius 3 is 2.80 bits per heavy atom. The second kappa shape index (κ2) is 5.57. The van der Waals surface area contributed by atoms with E-state index in [9.17, 15) is 0 Å². The van der Waals surface area contributed by atoms with Gasteiger partial charge in [-0.1, -0.05) is 20.3 Å². The molecular formula is C12H16N2S. The molecule has 2 nitrogen and oxygen atoms in total. The number of hydrogen-bond donors (Lipinski definition) is 1. The van der Waals surface area contributed by atoms with Gasteiger partial charge in [-0.3, -0.25) is 0 Å². The average molecular weight is 220 g/mol. The average Bonchev–Trinajstić information content (AvgIpc) is 2.72. The minimum absolute atomic E-state index is 0.672. The van der Waals surface area contributed by atoms with Crippen LogP contribution in [0, 0.1) is 11.3 Å². The quantitative estimate of drug-likeness (QED) is 0.791. The third kappa shape index (κ3) is 2.60. The smallest absolute Gasteiger partial charge is 0.0969 e. The van der Waals surface area contributed by atoms with Crippen molar-refractivity contribution in [1.82, 2.24) is 0 Å². The zero-order valence-electron chi connectivity index (χ0n) is 9.21.